The van der Waals surface area contributed by atoms with Gasteiger partial charge in [-0.25, -0.2) is 0 Å². The normalized spacial score (nSPS) is 9.47. The fourth-order valence-corrected chi connectivity index (χ4v) is 1.04. The monoisotopic (exact) mass is 227 g/mol. The highest BCUT2D eigenvalue weighted by molar-refractivity contribution is 6.28. The standard InChI is InChI=1S/C10H10ClNO3/c1-15-8-4-2-7(3-5-8)10(14)12-9(13)6-11/h2-5H,6H2,1H3,(H,12,13,14). The van der Waals surface area contributed by atoms with Crippen LogP contribution in [0, 0.1) is 0 Å². The fourth-order valence-electron chi connectivity index (χ4n) is 0.975. The first-order valence-electron chi connectivity index (χ1n) is 4.21. The predicted octanol–water partition coefficient (Wildman–Crippen LogP) is 1.19. The average molecular weight is 228 g/mol. The molecule has 1 N–H and O–H groups in total. The molecule has 0 saturated carbocycles. The Morgan fingerprint density at radius 1 is 1.33 bits per heavy atom. The summed E-state index contributed by atoms with van der Waals surface area (Å²) in [6.07, 6.45) is 0. The molecule has 15 heavy (non-hydrogen) atoms. The van der Waals surface area contributed by atoms with E-state index in [-0.39, 0.29) is 5.88 Å². The third-order valence-corrected chi connectivity index (χ3v) is 1.97. The molecule has 0 aliphatic carbocycles. The summed E-state index contributed by atoms with van der Waals surface area (Å²) in [4.78, 5) is 22.2. The van der Waals surface area contributed by atoms with Gasteiger partial charge in [-0.3, -0.25) is 14.9 Å². The van der Waals surface area contributed by atoms with E-state index in [1.165, 1.54) is 7.11 Å². The molecule has 80 valence electrons. The predicted molar refractivity (Wildman–Crippen MR) is 56.2 cm³/mol. The van der Waals surface area contributed by atoms with Crippen molar-refractivity contribution < 1.29 is 14.3 Å². The van der Waals surface area contributed by atoms with Gasteiger partial charge in [0.15, 0.2) is 0 Å². The molecule has 0 aromatic heterocycles. The highest BCUT2D eigenvalue weighted by Gasteiger charge is 2.08. The summed E-state index contributed by atoms with van der Waals surface area (Å²) in [5, 5.41) is 2.13. The lowest BCUT2D eigenvalue weighted by molar-refractivity contribution is -0.117. The average Bonchev–Trinajstić information content (AvgIpc) is 2.29. The molecule has 1 rings (SSSR count). The number of carbonyl (C=O) groups is 2. The number of halogens is 1. The fraction of sp³-hybridized carbons (Fsp3) is 0.200. The molecular weight excluding hydrogens is 218 g/mol. The van der Waals surface area contributed by atoms with Crippen LogP contribution in [0.3, 0.4) is 0 Å². The first-order chi connectivity index (χ1) is 7.17. The second kappa shape index (κ2) is 5.36. The van der Waals surface area contributed by atoms with Gasteiger partial charge in [-0.15, -0.1) is 11.6 Å². The molecule has 0 spiro atoms. The van der Waals surface area contributed by atoms with E-state index in [2.05, 4.69) is 5.32 Å². The molecular formula is C10H10ClNO3. The maximum Gasteiger partial charge on any atom is 0.257 e. The SMILES string of the molecule is COc1ccc(C(=O)NC(=O)CCl)cc1. The lowest BCUT2D eigenvalue weighted by Crippen LogP contribution is -2.31. The molecule has 2 amide bonds. The molecule has 4 nitrogen and oxygen atoms in total. The van der Waals surface area contributed by atoms with Gasteiger partial charge in [-0.05, 0) is 24.3 Å². The molecule has 0 radical (unpaired) electrons. The molecule has 0 unspecified atom stereocenters. The molecule has 0 aliphatic rings. The molecule has 0 fully saturated rings. The number of benzene rings is 1. The maximum absolute atomic E-state index is 11.4. The zero-order valence-electron chi connectivity index (χ0n) is 8.12. The number of hydrogen-bond acceptors (Lipinski definition) is 3. The van der Waals surface area contributed by atoms with Gasteiger partial charge in [0.2, 0.25) is 5.91 Å². The molecule has 5 heteroatoms. The summed E-state index contributed by atoms with van der Waals surface area (Å²) in [5.41, 5.74) is 0.384. The van der Waals surface area contributed by atoms with Crippen molar-refractivity contribution >= 4 is 23.4 Å². The van der Waals surface area contributed by atoms with Crippen molar-refractivity contribution in [3.05, 3.63) is 29.8 Å². The summed E-state index contributed by atoms with van der Waals surface area (Å²) in [5.74, 6) is -0.571. The van der Waals surface area contributed by atoms with E-state index >= 15 is 0 Å². The molecule has 0 atom stereocenters. The zero-order chi connectivity index (χ0) is 11.3. The van der Waals surface area contributed by atoms with Crippen LogP contribution in [0.5, 0.6) is 5.75 Å². The van der Waals surface area contributed by atoms with Crippen LogP contribution in [0.25, 0.3) is 0 Å². The van der Waals surface area contributed by atoms with Gasteiger partial charge >= 0.3 is 0 Å². The summed E-state index contributed by atoms with van der Waals surface area (Å²) in [7, 11) is 1.53. The van der Waals surface area contributed by atoms with E-state index in [1.54, 1.807) is 24.3 Å². The number of imide groups is 1. The van der Waals surface area contributed by atoms with Crippen molar-refractivity contribution in [2.24, 2.45) is 0 Å². The summed E-state index contributed by atoms with van der Waals surface area (Å²) >= 11 is 5.25. The minimum absolute atomic E-state index is 0.234. The van der Waals surface area contributed by atoms with Crippen LogP contribution in [0.4, 0.5) is 0 Å². The number of ether oxygens (including phenoxy) is 1. The minimum Gasteiger partial charge on any atom is -0.497 e. The van der Waals surface area contributed by atoms with Crippen molar-refractivity contribution in [2.75, 3.05) is 13.0 Å². The van der Waals surface area contributed by atoms with E-state index in [0.717, 1.165) is 0 Å². The Morgan fingerprint density at radius 3 is 2.40 bits per heavy atom. The molecule has 1 aromatic rings. The number of methoxy groups -OCH3 is 1. The van der Waals surface area contributed by atoms with E-state index in [1.807, 2.05) is 0 Å². The third-order valence-electron chi connectivity index (χ3n) is 1.73. The first-order valence-corrected chi connectivity index (χ1v) is 4.75. The van der Waals surface area contributed by atoms with Crippen LogP contribution in [0.2, 0.25) is 0 Å². The van der Waals surface area contributed by atoms with Gasteiger partial charge in [-0.1, -0.05) is 0 Å². The Hall–Kier alpha value is -1.55. The number of rotatable bonds is 3. The molecule has 0 saturated heterocycles. The van der Waals surface area contributed by atoms with E-state index in [0.29, 0.717) is 11.3 Å². The van der Waals surface area contributed by atoms with Crippen LogP contribution < -0.4 is 10.1 Å². The van der Waals surface area contributed by atoms with Crippen molar-refractivity contribution in [3.8, 4) is 5.75 Å². The van der Waals surface area contributed by atoms with Crippen molar-refractivity contribution in [3.63, 3.8) is 0 Å². The highest BCUT2D eigenvalue weighted by atomic mass is 35.5. The molecule has 0 bridgehead atoms. The lowest BCUT2D eigenvalue weighted by atomic mass is 10.2. The number of amides is 2. The minimum atomic E-state index is -0.516. The summed E-state index contributed by atoms with van der Waals surface area (Å²) < 4.78 is 4.93. The van der Waals surface area contributed by atoms with Gasteiger partial charge < -0.3 is 4.74 Å². The van der Waals surface area contributed by atoms with Crippen LogP contribution in [0.15, 0.2) is 24.3 Å². The Balaban J connectivity index is 2.70. The van der Waals surface area contributed by atoms with Crippen molar-refractivity contribution in [1.29, 1.82) is 0 Å². The zero-order valence-corrected chi connectivity index (χ0v) is 8.88. The largest absolute Gasteiger partial charge is 0.497 e. The Labute approximate surface area is 92.2 Å². The van der Waals surface area contributed by atoms with Gasteiger partial charge in [0.05, 0.1) is 7.11 Å². The number of carbonyl (C=O) groups excluding carboxylic acids is 2. The Kier molecular flexibility index (Phi) is 4.12. The lowest BCUT2D eigenvalue weighted by Gasteiger charge is -2.03. The Morgan fingerprint density at radius 2 is 1.93 bits per heavy atom. The van der Waals surface area contributed by atoms with E-state index in [4.69, 9.17) is 16.3 Å². The molecule has 0 heterocycles. The second-order valence-corrected chi connectivity index (χ2v) is 3.01. The molecule has 1 aromatic carbocycles. The van der Waals surface area contributed by atoms with Crippen LogP contribution in [-0.2, 0) is 4.79 Å². The third kappa shape index (κ3) is 3.25. The van der Waals surface area contributed by atoms with Crippen molar-refractivity contribution in [2.45, 2.75) is 0 Å². The summed E-state index contributed by atoms with van der Waals surface area (Å²) in [6.45, 7) is 0. The number of hydrogen-bond donors (Lipinski definition) is 1. The van der Waals surface area contributed by atoms with Gasteiger partial charge in [0, 0.05) is 5.56 Å². The topological polar surface area (TPSA) is 55.4 Å². The Bertz CT molecular complexity index is 361. The quantitative estimate of drug-likeness (QED) is 0.790. The van der Waals surface area contributed by atoms with Crippen LogP contribution >= 0.6 is 11.6 Å². The van der Waals surface area contributed by atoms with Crippen LogP contribution in [-0.4, -0.2) is 24.8 Å². The van der Waals surface area contributed by atoms with E-state index in [9.17, 15) is 9.59 Å². The molecule has 0 aliphatic heterocycles. The maximum atomic E-state index is 11.4. The number of alkyl halides is 1. The van der Waals surface area contributed by atoms with Crippen molar-refractivity contribution in [1.82, 2.24) is 5.32 Å². The number of nitrogens with one attached hydrogen (secondary N) is 1. The highest BCUT2D eigenvalue weighted by Crippen LogP contribution is 2.10. The smallest absolute Gasteiger partial charge is 0.257 e. The van der Waals surface area contributed by atoms with Crippen LogP contribution in [0.1, 0.15) is 10.4 Å². The van der Waals surface area contributed by atoms with Gasteiger partial charge in [0.25, 0.3) is 5.91 Å². The first kappa shape index (κ1) is 11.5. The van der Waals surface area contributed by atoms with Gasteiger partial charge in [0.1, 0.15) is 11.6 Å². The second-order valence-electron chi connectivity index (χ2n) is 2.74. The van der Waals surface area contributed by atoms with Gasteiger partial charge in [-0.2, -0.15) is 0 Å². The summed E-state index contributed by atoms with van der Waals surface area (Å²) in [6, 6.07) is 6.41. The van der Waals surface area contributed by atoms with E-state index < -0.39 is 11.8 Å².